The van der Waals surface area contributed by atoms with E-state index in [9.17, 15) is 9.90 Å². The minimum atomic E-state index is -0.288. The van der Waals surface area contributed by atoms with E-state index < -0.39 is 0 Å². The summed E-state index contributed by atoms with van der Waals surface area (Å²) in [4.78, 5) is 11.0. The summed E-state index contributed by atoms with van der Waals surface area (Å²) in [6.07, 6.45) is 0. The number of aromatic hydroxyl groups is 1. The average Bonchev–Trinajstić information content (AvgIpc) is 2.09. The van der Waals surface area contributed by atoms with Crippen LogP contribution in [0.25, 0.3) is 0 Å². The third kappa shape index (κ3) is 2.76. The Balaban J connectivity index is 2.63. The number of anilines is 1. The normalized spacial score (nSPS) is 9.62. The van der Waals surface area contributed by atoms with Crippen LogP contribution in [0.5, 0.6) is 5.75 Å². The summed E-state index contributed by atoms with van der Waals surface area (Å²) in [5, 5.41) is 11.8. The molecule has 0 aliphatic heterocycles. The van der Waals surface area contributed by atoms with Crippen LogP contribution < -0.4 is 5.32 Å². The molecule has 0 atom stereocenters. The lowest BCUT2D eigenvalue weighted by molar-refractivity contribution is -0.119. The van der Waals surface area contributed by atoms with Gasteiger partial charge in [-0.15, -0.1) is 0 Å². The molecule has 70 valence electrons. The van der Waals surface area contributed by atoms with Crippen molar-refractivity contribution < 1.29 is 14.6 Å². The van der Waals surface area contributed by atoms with Gasteiger partial charge < -0.3 is 15.2 Å². The molecule has 0 saturated carbocycles. The Morgan fingerprint density at radius 2 is 2.23 bits per heavy atom. The van der Waals surface area contributed by atoms with Gasteiger partial charge in [-0.1, -0.05) is 12.1 Å². The van der Waals surface area contributed by atoms with Gasteiger partial charge in [-0.2, -0.15) is 0 Å². The van der Waals surface area contributed by atoms with E-state index >= 15 is 0 Å². The Hall–Kier alpha value is -1.55. The van der Waals surface area contributed by atoms with Gasteiger partial charge in [0.1, 0.15) is 12.4 Å². The summed E-state index contributed by atoms with van der Waals surface area (Å²) in [5.74, 6) is -0.240. The molecule has 0 aromatic heterocycles. The predicted molar refractivity (Wildman–Crippen MR) is 48.6 cm³/mol. The first kappa shape index (κ1) is 9.54. The zero-order valence-corrected chi connectivity index (χ0v) is 7.28. The van der Waals surface area contributed by atoms with Gasteiger partial charge in [0, 0.05) is 7.11 Å². The van der Waals surface area contributed by atoms with Crippen LogP contribution >= 0.6 is 0 Å². The fourth-order valence-corrected chi connectivity index (χ4v) is 0.897. The van der Waals surface area contributed by atoms with Crippen molar-refractivity contribution >= 4 is 11.6 Å². The molecule has 0 radical (unpaired) electrons. The summed E-state index contributed by atoms with van der Waals surface area (Å²) >= 11 is 0. The number of hydrogen-bond donors (Lipinski definition) is 2. The molecule has 2 N–H and O–H groups in total. The number of rotatable bonds is 3. The number of carbonyl (C=O) groups excluding carboxylic acids is 1. The van der Waals surface area contributed by atoms with E-state index in [4.69, 9.17) is 0 Å². The zero-order chi connectivity index (χ0) is 9.68. The highest BCUT2D eigenvalue weighted by Gasteiger charge is 2.03. The van der Waals surface area contributed by atoms with Gasteiger partial charge >= 0.3 is 0 Å². The molecule has 4 nitrogen and oxygen atoms in total. The Bertz CT molecular complexity index is 299. The smallest absolute Gasteiger partial charge is 0.250 e. The Kier molecular flexibility index (Phi) is 3.28. The van der Waals surface area contributed by atoms with Crippen molar-refractivity contribution in [3.8, 4) is 5.75 Å². The molecule has 0 saturated heterocycles. The monoisotopic (exact) mass is 181 g/mol. The second-order valence-corrected chi connectivity index (χ2v) is 2.50. The molecule has 0 unspecified atom stereocenters. The lowest BCUT2D eigenvalue weighted by Crippen LogP contribution is -2.16. The first-order chi connectivity index (χ1) is 6.24. The minimum Gasteiger partial charge on any atom is -0.506 e. The van der Waals surface area contributed by atoms with Gasteiger partial charge in [0.15, 0.2) is 0 Å². The van der Waals surface area contributed by atoms with Crippen LogP contribution in [0.1, 0.15) is 0 Å². The van der Waals surface area contributed by atoms with Gasteiger partial charge in [0.25, 0.3) is 0 Å². The summed E-state index contributed by atoms with van der Waals surface area (Å²) in [5.41, 5.74) is 0.393. The number of amides is 1. The molecule has 1 rings (SSSR count). The van der Waals surface area contributed by atoms with Crippen molar-refractivity contribution in [2.24, 2.45) is 0 Å². The van der Waals surface area contributed by atoms with Crippen LogP contribution in [-0.4, -0.2) is 24.7 Å². The maximum atomic E-state index is 11.0. The largest absolute Gasteiger partial charge is 0.506 e. The first-order valence-electron chi connectivity index (χ1n) is 3.81. The number of carbonyl (C=O) groups is 1. The van der Waals surface area contributed by atoms with E-state index in [-0.39, 0.29) is 18.3 Å². The maximum Gasteiger partial charge on any atom is 0.250 e. The van der Waals surface area contributed by atoms with Crippen LogP contribution in [0.15, 0.2) is 24.3 Å². The van der Waals surface area contributed by atoms with Gasteiger partial charge in [-0.3, -0.25) is 4.79 Å². The second kappa shape index (κ2) is 4.47. The van der Waals surface area contributed by atoms with Crippen LogP contribution in [0.2, 0.25) is 0 Å². The van der Waals surface area contributed by atoms with E-state index in [0.717, 1.165) is 0 Å². The van der Waals surface area contributed by atoms with Crippen molar-refractivity contribution in [2.75, 3.05) is 19.0 Å². The molecule has 0 heterocycles. The molecule has 0 aliphatic carbocycles. The second-order valence-electron chi connectivity index (χ2n) is 2.50. The number of hydrogen-bond acceptors (Lipinski definition) is 3. The van der Waals surface area contributed by atoms with Crippen molar-refractivity contribution in [1.82, 2.24) is 0 Å². The Morgan fingerprint density at radius 3 is 2.85 bits per heavy atom. The van der Waals surface area contributed by atoms with Crippen molar-refractivity contribution in [1.29, 1.82) is 0 Å². The van der Waals surface area contributed by atoms with E-state index in [1.807, 2.05) is 0 Å². The fraction of sp³-hybridized carbons (Fsp3) is 0.222. The fourth-order valence-electron chi connectivity index (χ4n) is 0.897. The number of nitrogens with one attached hydrogen (secondary N) is 1. The molecule has 0 fully saturated rings. The topological polar surface area (TPSA) is 58.6 Å². The van der Waals surface area contributed by atoms with Crippen LogP contribution in [0, 0.1) is 0 Å². The minimum absolute atomic E-state index is 0.0195. The number of para-hydroxylation sites is 2. The van der Waals surface area contributed by atoms with E-state index in [1.165, 1.54) is 13.2 Å². The quantitative estimate of drug-likeness (QED) is 0.683. The molecule has 4 heteroatoms. The molecular formula is C9H11NO3. The number of ether oxygens (including phenoxy) is 1. The standard InChI is InChI=1S/C9H11NO3/c1-13-6-9(12)10-7-4-2-3-5-8(7)11/h2-5,11H,6H2,1H3,(H,10,12). The van der Waals surface area contributed by atoms with Gasteiger partial charge in [0.2, 0.25) is 5.91 Å². The van der Waals surface area contributed by atoms with Crippen molar-refractivity contribution in [3.05, 3.63) is 24.3 Å². The number of methoxy groups -OCH3 is 1. The molecule has 0 spiro atoms. The molecule has 1 aromatic carbocycles. The summed E-state index contributed by atoms with van der Waals surface area (Å²) in [7, 11) is 1.43. The number of benzene rings is 1. The van der Waals surface area contributed by atoms with Crippen LogP contribution in [-0.2, 0) is 9.53 Å². The van der Waals surface area contributed by atoms with Gasteiger partial charge in [-0.05, 0) is 12.1 Å². The summed E-state index contributed by atoms with van der Waals surface area (Å²) < 4.78 is 4.62. The molecule has 1 amide bonds. The van der Waals surface area contributed by atoms with E-state index in [2.05, 4.69) is 10.1 Å². The highest BCUT2D eigenvalue weighted by Crippen LogP contribution is 2.20. The number of phenolic OH excluding ortho intramolecular Hbond substituents is 1. The Labute approximate surface area is 76.1 Å². The van der Waals surface area contributed by atoms with E-state index in [0.29, 0.717) is 5.69 Å². The third-order valence-electron chi connectivity index (χ3n) is 1.45. The predicted octanol–water partition coefficient (Wildman–Crippen LogP) is 0.977. The first-order valence-corrected chi connectivity index (χ1v) is 3.81. The van der Waals surface area contributed by atoms with Crippen LogP contribution in [0.3, 0.4) is 0 Å². The number of phenols is 1. The molecule has 13 heavy (non-hydrogen) atoms. The van der Waals surface area contributed by atoms with Gasteiger partial charge in [-0.25, -0.2) is 0 Å². The zero-order valence-electron chi connectivity index (χ0n) is 7.28. The summed E-state index contributed by atoms with van der Waals surface area (Å²) in [6.45, 7) is -0.0195. The molecule has 0 aliphatic rings. The van der Waals surface area contributed by atoms with Crippen LogP contribution in [0.4, 0.5) is 5.69 Å². The van der Waals surface area contributed by atoms with Gasteiger partial charge in [0.05, 0.1) is 5.69 Å². The maximum absolute atomic E-state index is 11.0. The third-order valence-corrected chi connectivity index (χ3v) is 1.45. The van der Waals surface area contributed by atoms with Crippen molar-refractivity contribution in [3.63, 3.8) is 0 Å². The summed E-state index contributed by atoms with van der Waals surface area (Å²) in [6, 6.07) is 6.52. The highest BCUT2D eigenvalue weighted by atomic mass is 16.5. The molecule has 1 aromatic rings. The molecular weight excluding hydrogens is 170 g/mol. The average molecular weight is 181 g/mol. The SMILES string of the molecule is COCC(=O)Nc1ccccc1O. The lowest BCUT2D eigenvalue weighted by Gasteiger charge is -2.05. The lowest BCUT2D eigenvalue weighted by atomic mass is 10.3. The Morgan fingerprint density at radius 1 is 1.54 bits per heavy atom. The highest BCUT2D eigenvalue weighted by molar-refractivity contribution is 5.93. The van der Waals surface area contributed by atoms with E-state index in [1.54, 1.807) is 18.2 Å². The van der Waals surface area contributed by atoms with Crippen molar-refractivity contribution in [2.45, 2.75) is 0 Å². The molecule has 0 bridgehead atoms.